The number of carbonyl (C=O) groups excluding carboxylic acids is 1. The number of benzene rings is 1. The summed E-state index contributed by atoms with van der Waals surface area (Å²) < 4.78 is 4.95. The van der Waals surface area contributed by atoms with Gasteiger partial charge in [0.1, 0.15) is 0 Å². The topological polar surface area (TPSA) is 55.6 Å². The maximum Gasteiger partial charge on any atom is 0.226 e. The van der Waals surface area contributed by atoms with Crippen molar-refractivity contribution in [3.63, 3.8) is 0 Å². The van der Waals surface area contributed by atoms with Crippen LogP contribution in [0.3, 0.4) is 0 Å². The van der Waals surface area contributed by atoms with Crippen LogP contribution in [0.25, 0.3) is 0 Å². The van der Waals surface area contributed by atoms with E-state index in [1.54, 1.807) is 12.0 Å². The lowest BCUT2D eigenvalue weighted by Gasteiger charge is -2.17. The molecule has 0 atom stereocenters. The van der Waals surface area contributed by atoms with Crippen LogP contribution in [0.2, 0.25) is 0 Å². The number of likely N-dealkylation sites (N-methyl/N-ethyl adjacent to an activating group) is 1. The first-order valence-corrected chi connectivity index (χ1v) is 5.71. The Balaban J connectivity index is 2.43. The molecule has 0 fully saturated rings. The van der Waals surface area contributed by atoms with Crippen LogP contribution in [0.15, 0.2) is 24.3 Å². The third-order valence-electron chi connectivity index (χ3n) is 2.57. The molecule has 1 rings (SSSR count). The fourth-order valence-electron chi connectivity index (χ4n) is 1.58. The molecule has 0 aliphatic heterocycles. The van der Waals surface area contributed by atoms with Crippen molar-refractivity contribution in [3.05, 3.63) is 29.8 Å². The minimum atomic E-state index is 0.103. The van der Waals surface area contributed by atoms with Crippen LogP contribution in [0.1, 0.15) is 12.0 Å². The van der Waals surface area contributed by atoms with E-state index < -0.39 is 0 Å². The molecule has 0 aliphatic carbocycles. The van der Waals surface area contributed by atoms with E-state index in [-0.39, 0.29) is 5.91 Å². The molecule has 0 aliphatic rings. The van der Waals surface area contributed by atoms with Gasteiger partial charge in [0.05, 0.1) is 6.42 Å². The van der Waals surface area contributed by atoms with Gasteiger partial charge in [0.2, 0.25) is 5.91 Å². The fourth-order valence-corrected chi connectivity index (χ4v) is 1.58. The number of carbonyl (C=O) groups is 1. The number of hydrogen-bond acceptors (Lipinski definition) is 3. The summed E-state index contributed by atoms with van der Waals surface area (Å²) in [6.07, 6.45) is 1.25. The summed E-state index contributed by atoms with van der Waals surface area (Å²) in [7, 11) is 3.47. The van der Waals surface area contributed by atoms with Gasteiger partial charge in [-0.1, -0.05) is 12.1 Å². The van der Waals surface area contributed by atoms with Gasteiger partial charge >= 0.3 is 0 Å². The summed E-state index contributed by atoms with van der Waals surface area (Å²) in [5, 5.41) is 0. The number of rotatable bonds is 6. The second kappa shape index (κ2) is 6.91. The van der Waals surface area contributed by atoms with E-state index in [0.29, 0.717) is 18.7 Å². The molecule has 0 heterocycles. The molecule has 0 aromatic heterocycles. The van der Waals surface area contributed by atoms with Gasteiger partial charge in [-0.3, -0.25) is 4.79 Å². The fraction of sp³-hybridized carbons (Fsp3) is 0.462. The highest BCUT2D eigenvalue weighted by molar-refractivity contribution is 5.78. The Morgan fingerprint density at radius 3 is 2.88 bits per heavy atom. The third-order valence-corrected chi connectivity index (χ3v) is 2.57. The van der Waals surface area contributed by atoms with Crippen LogP contribution in [0, 0.1) is 0 Å². The van der Waals surface area contributed by atoms with Crippen molar-refractivity contribution in [1.29, 1.82) is 0 Å². The second-order valence-electron chi connectivity index (χ2n) is 4.08. The van der Waals surface area contributed by atoms with Crippen LogP contribution < -0.4 is 5.73 Å². The molecule has 2 N–H and O–H groups in total. The molecule has 0 bridgehead atoms. The smallest absolute Gasteiger partial charge is 0.226 e. The van der Waals surface area contributed by atoms with Gasteiger partial charge in [-0.05, 0) is 24.1 Å². The lowest BCUT2D eigenvalue weighted by molar-refractivity contribution is -0.129. The second-order valence-corrected chi connectivity index (χ2v) is 4.08. The van der Waals surface area contributed by atoms with Crippen LogP contribution in [0.4, 0.5) is 5.69 Å². The number of ether oxygens (including phenoxy) is 1. The number of amides is 1. The lowest BCUT2D eigenvalue weighted by atomic mass is 10.1. The van der Waals surface area contributed by atoms with Gasteiger partial charge in [0, 0.05) is 33.0 Å². The Kier molecular flexibility index (Phi) is 5.49. The van der Waals surface area contributed by atoms with Crippen molar-refractivity contribution in [2.45, 2.75) is 12.8 Å². The maximum absolute atomic E-state index is 11.9. The van der Waals surface area contributed by atoms with E-state index in [2.05, 4.69) is 0 Å². The summed E-state index contributed by atoms with van der Waals surface area (Å²) in [4.78, 5) is 13.6. The molecule has 4 nitrogen and oxygen atoms in total. The number of nitrogens with zero attached hydrogens (tertiary/aromatic N) is 1. The summed E-state index contributed by atoms with van der Waals surface area (Å²) in [6.45, 7) is 1.39. The molecule has 94 valence electrons. The zero-order valence-electron chi connectivity index (χ0n) is 10.5. The predicted molar refractivity (Wildman–Crippen MR) is 68.7 cm³/mol. The summed E-state index contributed by atoms with van der Waals surface area (Å²) in [5.74, 6) is 0.103. The Morgan fingerprint density at radius 2 is 2.24 bits per heavy atom. The van der Waals surface area contributed by atoms with Gasteiger partial charge in [-0.25, -0.2) is 0 Å². The summed E-state index contributed by atoms with van der Waals surface area (Å²) in [6, 6.07) is 7.43. The van der Waals surface area contributed by atoms with Gasteiger partial charge in [0.25, 0.3) is 0 Å². The number of nitrogens with two attached hydrogens (primary N) is 1. The van der Waals surface area contributed by atoms with E-state index in [0.717, 1.165) is 18.5 Å². The number of anilines is 1. The zero-order valence-corrected chi connectivity index (χ0v) is 10.5. The molecule has 17 heavy (non-hydrogen) atoms. The first-order chi connectivity index (χ1) is 8.13. The Hall–Kier alpha value is -1.55. The van der Waals surface area contributed by atoms with Gasteiger partial charge in [-0.15, -0.1) is 0 Å². The molecule has 0 unspecified atom stereocenters. The predicted octanol–water partition coefficient (Wildman–Crippen LogP) is 1.31. The molecule has 0 saturated carbocycles. The van der Waals surface area contributed by atoms with Crippen molar-refractivity contribution in [1.82, 2.24) is 4.90 Å². The maximum atomic E-state index is 11.9. The third kappa shape index (κ3) is 4.87. The molecule has 1 amide bonds. The van der Waals surface area contributed by atoms with Crippen molar-refractivity contribution in [3.8, 4) is 0 Å². The standard InChI is InChI=1S/C13H20N2O2/c1-15(7-4-8-17-2)13(16)10-11-5-3-6-12(14)9-11/h3,5-6,9H,4,7-8,10,14H2,1-2H3. The molecule has 1 aromatic carbocycles. The van der Waals surface area contributed by atoms with E-state index in [1.165, 1.54) is 0 Å². The first kappa shape index (κ1) is 13.5. The van der Waals surface area contributed by atoms with E-state index >= 15 is 0 Å². The molecule has 0 radical (unpaired) electrons. The minimum absolute atomic E-state index is 0.103. The molecule has 0 spiro atoms. The Bertz CT molecular complexity index is 366. The van der Waals surface area contributed by atoms with E-state index in [1.807, 2.05) is 31.3 Å². The van der Waals surface area contributed by atoms with Crippen molar-refractivity contribution in [2.75, 3.05) is 33.0 Å². The van der Waals surface area contributed by atoms with Gasteiger partial charge in [-0.2, -0.15) is 0 Å². The highest BCUT2D eigenvalue weighted by Crippen LogP contribution is 2.08. The molecular formula is C13H20N2O2. The van der Waals surface area contributed by atoms with E-state index in [9.17, 15) is 4.79 Å². The Labute approximate surface area is 102 Å². The van der Waals surface area contributed by atoms with Crippen molar-refractivity contribution < 1.29 is 9.53 Å². The lowest BCUT2D eigenvalue weighted by Crippen LogP contribution is -2.29. The highest BCUT2D eigenvalue weighted by atomic mass is 16.5. The van der Waals surface area contributed by atoms with Gasteiger partial charge in [0.15, 0.2) is 0 Å². The zero-order chi connectivity index (χ0) is 12.7. The number of hydrogen-bond donors (Lipinski definition) is 1. The average Bonchev–Trinajstić information content (AvgIpc) is 2.29. The quantitative estimate of drug-likeness (QED) is 0.598. The SMILES string of the molecule is COCCCN(C)C(=O)Cc1cccc(N)c1. The van der Waals surface area contributed by atoms with Crippen LogP contribution in [-0.4, -0.2) is 38.1 Å². The van der Waals surface area contributed by atoms with E-state index in [4.69, 9.17) is 10.5 Å². The molecule has 0 saturated heterocycles. The van der Waals surface area contributed by atoms with Crippen molar-refractivity contribution in [2.24, 2.45) is 0 Å². The van der Waals surface area contributed by atoms with Crippen LogP contribution in [0.5, 0.6) is 0 Å². The normalized spacial score (nSPS) is 10.2. The largest absolute Gasteiger partial charge is 0.399 e. The van der Waals surface area contributed by atoms with Crippen LogP contribution in [-0.2, 0) is 16.0 Å². The van der Waals surface area contributed by atoms with Crippen LogP contribution >= 0.6 is 0 Å². The molecular weight excluding hydrogens is 216 g/mol. The summed E-state index contributed by atoms with van der Waals surface area (Å²) in [5.41, 5.74) is 7.31. The minimum Gasteiger partial charge on any atom is -0.399 e. The van der Waals surface area contributed by atoms with Crippen molar-refractivity contribution >= 4 is 11.6 Å². The molecule has 4 heteroatoms. The Morgan fingerprint density at radius 1 is 1.47 bits per heavy atom. The number of nitrogen functional groups attached to an aromatic ring is 1. The first-order valence-electron chi connectivity index (χ1n) is 5.71. The highest BCUT2D eigenvalue weighted by Gasteiger charge is 2.09. The average molecular weight is 236 g/mol. The number of methoxy groups -OCH3 is 1. The summed E-state index contributed by atoms with van der Waals surface area (Å²) >= 11 is 0. The van der Waals surface area contributed by atoms with Gasteiger partial charge < -0.3 is 15.4 Å². The molecule has 1 aromatic rings. The monoisotopic (exact) mass is 236 g/mol.